The van der Waals surface area contributed by atoms with Gasteiger partial charge in [-0.25, -0.2) is 13.1 Å². The summed E-state index contributed by atoms with van der Waals surface area (Å²) in [7, 11) is -1.42. The summed E-state index contributed by atoms with van der Waals surface area (Å²) in [5.41, 5.74) is 1.07. The monoisotopic (exact) mass is 408 g/mol. The molecule has 9 heteroatoms. The van der Waals surface area contributed by atoms with Gasteiger partial charge in [0.25, 0.3) is 0 Å². The molecule has 0 radical (unpaired) electrons. The highest BCUT2D eigenvalue weighted by molar-refractivity contribution is 7.89. The number of hydrogen-bond donors (Lipinski definition) is 3. The van der Waals surface area contributed by atoms with E-state index in [4.69, 9.17) is 23.2 Å². The van der Waals surface area contributed by atoms with E-state index in [9.17, 15) is 8.42 Å². The van der Waals surface area contributed by atoms with Crippen LogP contribution in [0.3, 0.4) is 0 Å². The Kier molecular flexibility index (Phi) is 10.2. The van der Waals surface area contributed by atoms with Crippen LogP contribution in [0.25, 0.3) is 0 Å². The van der Waals surface area contributed by atoms with Crippen LogP contribution < -0.4 is 15.4 Å². The van der Waals surface area contributed by atoms with E-state index in [1.807, 2.05) is 12.1 Å². The molecule has 6 nitrogen and oxygen atoms in total. The van der Waals surface area contributed by atoms with Crippen molar-refractivity contribution in [2.24, 2.45) is 4.99 Å². The Bertz CT molecular complexity index is 666. The van der Waals surface area contributed by atoms with Gasteiger partial charge in [0.15, 0.2) is 5.96 Å². The molecule has 0 saturated heterocycles. The van der Waals surface area contributed by atoms with Crippen molar-refractivity contribution < 1.29 is 8.42 Å². The molecule has 0 atom stereocenters. The Hall–Kier alpha value is -1.02. The fraction of sp³-hybridized carbons (Fsp3) is 0.562. The Labute approximate surface area is 160 Å². The van der Waals surface area contributed by atoms with Crippen LogP contribution in [0.1, 0.15) is 25.3 Å². The quantitative estimate of drug-likeness (QED) is 0.315. The van der Waals surface area contributed by atoms with Gasteiger partial charge in [0.2, 0.25) is 10.0 Å². The molecule has 0 saturated carbocycles. The second-order valence-corrected chi connectivity index (χ2v) is 8.36. The van der Waals surface area contributed by atoms with E-state index < -0.39 is 10.0 Å². The molecule has 3 N–H and O–H groups in total. The summed E-state index contributed by atoms with van der Waals surface area (Å²) in [6, 6.07) is 5.53. The van der Waals surface area contributed by atoms with E-state index in [-0.39, 0.29) is 5.75 Å². The first-order valence-electron chi connectivity index (χ1n) is 8.23. The summed E-state index contributed by atoms with van der Waals surface area (Å²) < 4.78 is 25.1. The minimum atomic E-state index is -3.12. The molecule has 0 aliphatic heterocycles. The first-order chi connectivity index (χ1) is 11.9. The van der Waals surface area contributed by atoms with Crippen molar-refractivity contribution in [3.8, 4) is 0 Å². The zero-order chi connectivity index (χ0) is 18.7. The number of sulfonamides is 1. The number of rotatable bonds is 10. The van der Waals surface area contributed by atoms with Crippen LogP contribution in [-0.2, 0) is 16.4 Å². The van der Waals surface area contributed by atoms with Gasteiger partial charge in [0.1, 0.15) is 0 Å². The zero-order valence-electron chi connectivity index (χ0n) is 14.6. The number of nitrogens with zero attached hydrogens (tertiary/aromatic N) is 1. The number of hydrogen-bond acceptors (Lipinski definition) is 3. The predicted molar refractivity (Wildman–Crippen MR) is 106 cm³/mol. The molecule has 0 bridgehead atoms. The molecule has 0 aliphatic carbocycles. The van der Waals surface area contributed by atoms with Gasteiger partial charge in [-0.15, -0.1) is 0 Å². The van der Waals surface area contributed by atoms with Crippen LogP contribution >= 0.6 is 23.2 Å². The van der Waals surface area contributed by atoms with Crippen LogP contribution in [0.2, 0.25) is 10.0 Å². The Morgan fingerprint density at radius 1 is 1.12 bits per heavy atom. The van der Waals surface area contributed by atoms with Gasteiger partial charge in [0.05, 0.1) is 5.75 Å². The minimum Gasteiger partial charge on any atom is -0.356 e. The molecule has 25 heavy (non-hydrogen) atoms. The number of benzene rings is 1. The molecule has 0 fully saturated rings. The van der Waals surface area contributed by atoms with Crippen molar-refractivity contribution >= 4 is 39.2 Å². The van der Waals surface area contributed by atoms with Crippen LogP contribution in [0.4, 0.5) is 0 Å². The summed E-state index contributed by atoms with van der Waals surface area (Å²) in [6.07, 6.45) is 2.43. The van der Waals surface area contributed by atoms with E-state index in [0.29, 0.717) is 35.5 Å². The molecule has 0 aliphatic rings. The third-order valence-corrected chi connectivity index (χ3v) is 5.49. The molecule has 0 heterocycles. The standard InChI is InChI=1S/C16H26Cl2N4O2S/c1-3-25(23,24)22-11-5-10-21-16(19-2)20-9-4-6-13-7-8-14(17)12-15(13)18/h7-8,12,22H,3-6,9-11H2,1-2H3,(H2,19,20,21). The third kappa shape index (κ3) is 9.30. The lowest BCUT2D eigenvalue weighted by Gasteiger charge is -2.12. The minimum absolute atomic E-state index is 0.0985. The van der Waals surface area contributed by atoms with Crippen molar-refractivity contribution in [1.29, 1.82) is 0 Å². The average molecular weight is 409 g/mol. The van der Waals surface area contributed by atoms with Gasteiger partial charge in [0, 0.05) is 36.7 Å². The summed E-state index contributed by atoms with van der Waals surface area (Å²) in [4.78, 5) is 4.14. The number of halogens is 2. The fourth-order valence-electron chi connectivity index (χ4n) is 2.06. The molecule has 142 valence electrons. The molecule has 1 rings (SSSR count). The van der Waals surface area contributed by atoms with Crippen molar-refractivity contribution in [2.75, 3.05) is 32.4 Å². The highest BCUT2D eigenvalue weighted by atomic mass is 35.5. The number of aliphatic imine (C=N–C) groups is 1. The van der Waals surface area contributed by atoms with Gasteiger partial charge in [-0.3, -0.25) is 4.99 Å². The molecule has 0 amide bonds. The van der Waals surface area contributed by atoms with Crippen molar-refractivity contribution in [1.82, 2.24) is 15.4 Å². The maximum atomic E-state index is 11.3. The van der Waals surface area contributed by atoms with Gasteiger partial charge < -0.3 is 10.6 Å². The molecule has 0 unspecified atom stereocenters. The van der Waals surface area contributed by atoms with Gasteiger partial charge >= 0.3 is 0 Å². The number of aryl methyl sites for hydroxylation is 1. The highest BCUT2D eigenvalue weighted by Gasteiger charge is 2.05. The van der Waals surface area contributed by atoms with Crippen LogP contribution in [-0.4, -0.2) is 46.8 Å². The van der Waals surface area contributed by atoms with E-state index >= 15 is 0 Å². The summed E-state index contributed by atoms with van der Waals surface area (Å²) in [6.45, 7) is 3.41. The lowest BCUT2D eigenvalue weighted by Crippen LogP contribution is -2.39. The van der Waals surface area contributed by atoms with E-state index in [1.165, 1.54) is 0 Å². The van der Waals surface area contributed by atoms with E-state index in [2.05, 4.69) is 20.3 Å². The lowest BCUT2D eigenvalue weighted by atomic mass is 10.1. The smallest absolute Gasteiger partial charge is 0.211 e. The second-order valence-electron chi connectivity index (χ2n) is 5.42. The highest BCUT2D eigenvalue weighted by Crippen LogP contribution is 2.21. The second kappa shape index (κ2) is 11.6. The molecule has 1 aromatic carbocycles. The van der Waals surface area contributed by atoms with Crippen molar-refractivity contribution in [3.63, 3.8) is 0 Å². The molecular weight excluding hydrogens is 383 g/mol. The average Bonchev–Trinajstić information content (AvgIpc) is 2.58. The van der Waals surface area contributed by atoms with Crippen LogP contribution in [0.5, 0.6) is 0 Å². The molecular formula is C16H26Cl2N4O2S. The van der Waals surface area contributed by atoms with Gasteiger partial charge in [-0.1, -0.05) is 29.3 Å². The van der Waals surface area contributed by atoms with Gasteiger partial charge in [-0.2, -0.15) is 0 Å². The number of nitrogens with one attached hydrogen (secondary N) is 3. The Balaban J connectivity index is 2.20. The SMILES string of the molecule is CCS(=O)(=O)NCCCNC(=NC)NCCCc1ccc(Cl)cc1Cl. The van der Waals surface area contributed by atoms with Crippen LogP contribution in [0, 0.1) is 0 Å². The maximum absolute atomic E-state index is 11.3. The predicted octanol–water partition coefficient (Wildman–Crippen LogP) is 2.42. The number of guanidine groups is 1. The molecule has 0 aromatic heterocycles. The Morgan fingerprint density at radius 2 is 1.80 bits per heavy atom. The lowest BCUT2D eigenvalue weighted by molar-refractivity contribution is 0.579. The van der Waals surface area contributed by atoms with Crippen molar-refractivity contribution in [3.05, 3.63) is 33.8 Å². The fourth-order valence-corrected chi connectivity index (χ4v) is 3.22. The maximum Gasteiger partial charge on any atom is 0.211 e. The van der Waals surface area contributed by atoms with Crippen molar-refractivity contribution in [2.45, 2.75) is 26.2 Å². The largest absolute Gasteiger partial charge is 0.356 e. The molecule has 1 aromatic rings. The summed E-state index contributed by atoms with van der Waals surface area (Å²) in [5, 5.41) is 7.69. The van der Waals surface area contributed by atoms with E-state index in [0.717, 1.165) is 24.9 Å². The summed E-state index contributed by atoms with van der Waals surface area (Å²) >= 11 is 12.0. The first-order valence-corrected chi connectivity index (χ1v) is 10.6. The zero-order valence-corrected chi connectivity index (χ0v) is 16.9. The first kappa shape index (κ1) is 22.0. The Morgan fingerprint density at radius 3 is 2.40 bits per heavy atom. The van der Waals surface area contributed by atoms with E-state index in [1.54, 1.807) is 20.0 Å². The normalized spacial score (nSPS) is 12.2. The molecule has 0 spiro atoms. The van der Waals surface area contributed by atoms with Crippen LogP contribution in [0.15, 0.2) is 23.2 Å². The summed E-state index contributed by atoms with van der Waals surface area (Å²) in [5.74, 6) is 0.793. The third-order valence-electron chi connectivity index (χ3n) is 3.50. The topological polar surface area (TPSA) is 82.6 Å². The van der Waals surface area contributed by atoms with Gasteiger partial charge in [-0.05, 0) is 43.9 Å².